The molecule has 1 aromatic rings. The number of carbonyl (C=O) groups excluding carboxylic acids is 1. The van der Waals surface area contributed by atoms with Crippen molar-refractivity contribution in [1.29, 1.82) is 0 Å². The second-order valence-corrected chi connectivity index (χ2v) is 7.18. The third kappa shape index (κ3) is 5.19. The molecule has 9 heteroatoms. The van der Waals surface area contributed by atoms with Gasteiger partial charge < -0.3 is 15.1 Å². The molecule has 1 amide bonds. The van der Waals surface area contributed by atoms with E-state index in [2.05, 4.69) is 20.1 Å². The Labute approximate surface area is 165 Å². The lowest BCUT2D eigenvalue weighted by atomic mass is 10.2. The fourth-order valence-electron chi connectivity index (χ4n) is 3.67. The summed E-state index contributed by atoms with van der Waals surface area (Å²) in [5.41, 5.74) is 0.927. The Hall–Kier alpha value is -2.68. The summed E-state index contributed by atoms with van der Waals surface area (Å²) in [4.78, 5) is 33.5. The average Bonchev–Trinajstić information content (AvgIpc) is 3.25. The lowest BCUT2D eigenvalue weighted by molar-refractivity contribution is -0.384. The molecule has 152 valence electrons. The largest absolute Gasteiger partial charge is 0.352 e. The highest BCUT2D eigenvalue weighted by Crippen LogP contribution is 2.13. The number of aliphatic imine (C=N–C) groups is 1. The highest BCUT2D eigenvalue weighted by molar-refractivity contribution is 5.80. The Kier molecular flexibility index (Phi) is 6.80. The standard InChI is InChI=1S/C19H28N6O3/c1-20-19(21-14-16-5-4-6-17(13-16)25(27)28)24-11-9-22(10-12-24)15-18(26)23-7-2-3-8-23/h4-6,13H,2-3,7-12,14-15H2,1H3,(H,20,21). The molecular weight excluding hydrogens is 360 g/mol. The Morgan fingerprint density at radius 3 is 2.50 bits per heavy atom. The number of nitrogens with zero attached hydrogens (tertiary/aromatic N) is 5. The Balaban J connectivity index is 1.46. The predicted octanol–water partition coefficient (Wildman–Crippen LogP) is 0.910. The van der Waals surface area contributed by atoms with E-state index in [-0.39, 0.29) is 16.5 Å². The van der Waals surface area contributed by atoms with Crippen LogP contribution in [-0.2, 0) is 11.3 Å². The van der Waals surface area contributed by atoms with Gasteiger partial charge >= 0.3 is 0 Å². The smallest absolute Gasteiger partial charge is 0.269 e. The van der Waals surface area contributed by atoms with E-state index in [4.69, 9.17) is 0 Å². The zero-order chi connectivity index (χ0) is 19.9. The Bertz CT molecular complexity index is 724. The second-order valence-electron chi connectivity index (χ2n) is 7.18. The summed E-state index contributed by atoms with van der Waals surface area (Å²) in [6.45, 7) is 5.98. The van der Waals surface area contributed by atoms with Crippen LogP contribution >= 0.6 is 0 Å². The average molecular weight is 388 g/mol. The molecule has 0 spiro atoms. The predicted molar refractivity (Wildman–Crippen MR) is 107 cm³/mol. The first-order valence-corrected chi connectivity index (χ1v) is 9.76. The number of benzene rings is 1. The highest BCUT2D eigenvalue weighted by atomic mass is 16.6. The molecule has 2 aliphatic rings. The minimum atomic E-state index is -0.388. The zero-order valence-corrected chi connectivity index (χ0v) is 16.3. The van der Waals surface area contributed by atoms with E-state index in [0.717, 1.165) is 63.6 Å². The molecule has 2 fully saturated rings. The Morgan fingerprint density at radius 1 is 1.14 bits per heavy atom. The van der Waals surface area contributed by atoms with E-state index in [9.17, 15) is 14.9 Å². The summed E-state index contributed by atoms with van der Waals surface area (Å²) in [6, 6.07) is 6.60. The number of piperazine rings is 1. The summed E-state index contributed by atoms with van der Waals surface area (Å²) in [5, 5.41) is 14.2. The van der Waals surface area contributed by atoms with E-state index < -0.39 is 0 Å². The number of hydrogen-bond acceptors (Lipinski definition) is 5. The van der Waals surface area contributed by atoms with Gasteiger partial charge in [0.2, 0.25) is 5.91 Å². The third-order valence-corrected chi connectivity index (χ3v) is 5.27. The molecule has 0 aromatic heterocycles. The molecule has 0 unspecified atom stereocenters. The summed E-state index contributed by atoms with van der Waals surface area (Å²) < 4.78 is 0. The van der Waals surface area contributed by atoms with Gasteiger partial charge in [-0.05, 0) is 18.4 Å². The molecule has 1 N–H and O–H groups in total. The Morgan fingerprint density at radius 2 is 1.86 bits per heavy atom. The van der Waals surface area contributed by atoms with Gasteiger partial charge in [-0.2, -0.15) is 0 Å². The monoisotopic (exact) mass is 388 g/mol. The van der Waals surface area contributed by atoms with Gasteiger partial charge in [0.15, 0.2) is 5.96 Å². The van der Waals surface area contributed by atoms with E-state index in [0.29, 0.717) is 13.1 Å². The van der Waals surface area contributed by atoms with E-state index >= 15 is 0 Å². The van der Waals surface area contributed by atoms with E-state index in [1.807, 2.05) is 11.0 Å². The van der Waals surface area contributed by atoms with Crippen LogP contribution in [0.4, 0.5) is 5.69 Å². The molecule has 3 rings (SSSR count). The van der Waals surface area contributed by atoms with Gasteiger partial charge in [-0.3, -0.25) is 24.8 Å². The molecule has 1 aromatic carbocycles. The molecule has 0 saturated carbocycles. The quantitative estimate of drug-likeness (QED) is 0.349. The number of amides is 1. The van der Waals surface area contributed by atoms with Crippen molar-refractivity contribution < 1.29 is 9.72 Å². The first kappa shape index (κ1) is 20.1. The van der Waals surface area contributed by atoms with Crippen LogP contribution in [0.5, 0.6) is 0 Å². The maximum Gasteiger partial charge on any atom is 0.269 e. The van der Waals surface area contributed by atoms with Gasteiger partial charge in [-0.1, -0.05) is 12.1 Å². The molecular formula is C19H28N6O3. The molecule has 0 aliphatic carbocycles. The van der Waals surface area contributed by atoms with Crippen molar-refractivity contribution in [2.24, 2.45) is 4.99 Å². The van der Waals surface area contributed by atoms with Gasteiger partial charge in [0.25, 0.3) is 5.69 Å². The number of nitro groups is 1. The van der Waals surface area contributed by atoms with Gasteiger partial charge in [-0.15, -0.1) is 0 Å². The maximum atomic E-state index is 12.3. The van der Waals surface area contributed by atoms with Crippen molar-refractivity contribution in [3.05, 3.63) is 39.9 Å². The van der Waals surface area contributed by atoms with Crippen molar-refractivity contribution in [3.63, 3.8) is 0 Å². The number of likely N-dealkylation sites (tertiary alicyclic amines) is 1. The number of guanidine groups is 1. The van der Waals surface area contributed by atoms with Gasteiger partial charge in [0, 0.05) is 65.0 Å². The van der Waals surface area contributed by atoms with Crippen LogP contribution < -0.4 is 5.32 Å². The van der Waals surface area contributed by atoms with Crippen LogP contribution in [0.2, 0.25) is 0 Å². The normalized spacial score (nSPS) is 18.4. The molecule has 9 nitrogen and oxygen atoms in total. The van der Waals surface area contributed by atoms with Crippen LogP contribution in [0, 0.1) is 10.1 Å². The van der Waals surface area contributed by atoms with E-state index in [1.165, 1.54) is 6.07 Å². The molecule has 0 atom stereocenters. The summed E-state index contributed by atoms with van der Waals surface area (Å²) in [5.74, 6) is 1.01. The fourth-order valence-corrected chi connectivity index (χ4v) is 3.67. The first-order valence-electron chi connectivity index (χ1n) is 9.76. The minimum Gasteiger partial charge on any atom is -0.352 e. The summed E-state index contributed by atoms with van der Waals surface area (Å²) >= 11 is 0. The van der Waals surface area contributed by atoms with Crippen molar-refractivity contribution >= 4 is 17.6 Å². The zero-order valence-electron chi connectivity index (χ0n) is 16.3. The van der Waals surface area contributed by atoms with Crippen LogP contribution in [-0.4, -0.2) is 84.4 Å². The number of rotatable bonds is 5. The summed E-state index contributed by atoms with van der Waals surface area (Å²) in [7, 11) is 1.74. The SMILES string of the molecule is CN=C(NCc1cccc([N+](=O)[O-])c1)N1CCN(CC(=O)N2CCCC2)CC1. The first-order chi connectivity index (χ1) is 13.6. The van der Waals surface area contributed by atoms with Crippen LogP contribution in [0.3, 0.4) is 0 Å². The summed E-state index contributed by atoms with van der Waals surface area (Å²) in [6.07, 6.45) is 2.23. The molecule has 2 heterocycles. The molecule has 2 saturated heterocycles. The van der Waals surface area contributed by atoms with Crippen molar-refractivity contribution in [3.8, 4) is 0 Å². The van der Waals surface area contributed by atoms with Gasteiger partial charge in [0.05, 0.1) is 11.5 Å². The topological polar surface area (TPSA) is 94.3 Å². The number of nitrogens with one attached hydrogen (secondary N) is 1. The number of carbonyl (C=O) groups is 1. The molecule has 28 heavy (non-hydrogen) atoms. The lowest BCUT2D eigenvalue weighted by Crippen LogP contribution is -2.54. The van der Waals surface area contributed by atoms with E-state index in [1.54, 1.807) is 19.2 Å². The van der Waals surface area contributed by atoms with Crippen molar-refractivity contribution in [2.75, 3.05) is 52.9 Å². The second kappa shape index (κ2) is 9.50. The lowest BCUT2D eigenvalue weighted by Gasteiger charge is -2.36. The van der Waals surface area contributed by atoms with Crippen LogP contribution in [0.25, 0.3) is 0 Å². The van der Waals surface area contributed by atoms with Crippen molar-refractivity contribution in [1.82, 2.24) is 20.0 Å². The molecule has 0 radical (unpaired) electrons. The maximum absolute atomic E-state index is 12.3. The van der Waals surface area contributed by atoms with Crippen LogP contribution in [0.1, 0.15) is 18.4 Å². The highest BCUT2D eigenvalue weighted by Gasteiger charge is 2.24. The third-order valence-electron chi connectivity index (χ3n) is 5.27. The number of hydrogen-bond donors (Lipinski definition) is 1. The molecule has 2 aliphatic heterocycles. The van der Waals surface area contributed by atoms with Crippen LogP contribution in [0.15, 0.2) is 29.3 Å². The number of nitro benzene ring substituents is 1. The van der Waals surface area contributed by atoms with Gasteiger partial charge in [-0.25, -0.2) is 0 Å². The number of non-ortho nitro benzene ring substituents is 1. The fraction of sp³-hybridized carbons (Fsp3) is 0.579. The molecule has 0 bridgehead atoms. The van der Waals surface area contributed by atoms with Gasteiger partial charge in [0.1, 0.15) is 0 Å². The minimum absolute atomic E-state index is 0.0885. The van der Waals surface area contributed by atoms with Crippen molar-refractivity contribution in [2.45, 2.75) is 19.4 Å².